The molecule has 576 valence electrons. The molecule has 0 saturated heterocycles. The van der Waals surface area contributed by atoms with Gasteiger partial charge >= 0.3 is 0 Å². The molecule has 16 heterocycles. The van der Waals surface area contributed by atoms with E-state index in [2.05, 4.69) is 244 Å². The molecule has 0 amide bonds. The van der Waals surface area contributed by atoms with E-state index in [1.165, 1.54) is 21.5 Å². The zero-order chi connectivity index (χ0) is 80.4. The molecule has 124 heavy (non-hydrogen) atoms. The first-order valence-electron chi connectivity index (χ1n) is 41.2. The van der Waals surface area contributed by atoms with Crippen LogP contribution in [-0.2, 0) is 0 Å². The molecule has 0 aliphatic heterocycles. The van der Waals surface area contributed by atoms with E-state index in [0.717, 1.165) is 263 Å². The number of nitrogens with zero attached hydrogens (tertiary/aromatic N) is 8. The average molecular weight is 1590 g/mol. The summed E-state index contributed by atoms with van der Waals surface area (Å²) in [4.78, 5) is 18.6. The maximum atomic E-state index is 6.66. The lowest BCUT2D eigenvalue weighted by molar-refractivity contribution is 0.634. The van der Waals surface area contributed by atoms with Gasteiger partial charge in [0.25, 0.3) is 0 Å². The molecule has 0 aliphatic carbocycles. The van der Waals surface area contributed by atoms with Crippen molar-refractivity contribution >= 4 is 285 Å². The maximum Gasteiger partial charge on any atom is 0.178 e. The largest absolute Gasteiger partial charge is 0.456 e. The fourth-order valence-corrected chi connectivity index (χ4v) is 20.5. The van der Waals surface area contributed by atoms with Crippen LogP contribution in [0.4, 0.5) is 0 Å². The maximum absolute atomic E-state index is 6.66. The molecule has 16 heteroatoms. The third kappa shape index (κ3) is 8.86. The molecule has 0 fully saturated rings. The summed E-state index contributed by atoms with van der Waals surface area (Å²) in [6.45, 7) is 0. The third-order valence-electron chi connectivity index (χ3n) is 25.8. The number of fused-ring (bicyclic) bond motifs is 54. The van der Waals surface area contributed by atoms with Gasteiger partial charge in [-0.3, -0.25) is 17.6 Å². The van der Waals surface area contributed by atoms with Gasteiger partial charge in [0.2, 0.25) is 0 Å². The van der Waals surface area contributed by atoms with Crippen LogP contribution >= 0.6 is 0 Å². The lowest BCUT2D eigenvalue weighted by Crippen LogP contribution is -1.90. The van der Waals surface area contributed by atoms with Crippen LogP contribution in [0.5, 0.6) is 0 Å². The Bertz CT molecular complexity index is 10200. The molecule has 16 aromatic carbocycles. The number of hydrogen-bond acceptors (Lipinski definition) is 12. The smallest absolute Gasteiger partial charge is 0.178 e. The van der Waals surface area contributed by atoms with Crippen molar-refractivity contribution < 1.29 is 35.3 Å². The number of benzene rings is 16. The first kappa shape index (κ1) is 65.8. The highest BCUT2D eigenvalue weighted by Crippen LogP contribution is 2.49. The molecule has 16 nitrogen and oxygen atoms in total. The number of imidazole rings is 4. The predicted octanol–water partition coefficient (Wildman–Crippen LogP) is 29.8. The summed E-state index contributed by atoms with van der Waals surface area (Å²) >= 11 is 0. The zero-order valence-corrected chi connectivity index (χ0v) is 65.2. The molecule has 0 bridgehead atoms. The zero-order valence-electron chi connectivity index (χ0n) is 65.2. The quantitative estimate of drug-likeness (QED) is 0.132. The molecule has 32 aromatic rings. The van der Waals surface area contributed by atoms with Crippen LogP contribution in [0.3, 0.4) is 0 Å². The summed E-state index contributed by atoms with van der Waals surface area (Å²) in [7, 11) is 0. The molecule has 0 saturated carbocycles. The van der Waals surface area contributed by atoms with Crippen molar-refractivity contribution in [2.24, 2.45) is 0 Å². The number of pyridine rings is 4. The Labute approximate surface area is 694 Å². The van der Waals surface area contributed by atoms with Gasteiger partial charge in [-0.15, -0.1) is 0 Å². The van der Waals surface area contributed by atoms with E-state index in [9.17, 15) is 0 Å². The van der Waals surface area contributed by atoms with Gasteiger partial charge in [0.1, 0.15) is 78.4 Å². The number of para-hydroxylation sites is 4. The summed E-state index contributed by atoms with van der Waals surface area (Å²) in [6.07, 6.45) is 15.4. The van der Waals surface area contributed by atoms with E-state index >= 15 is 0 Å². The van der Waals surface area contributed by atoms with Crippen molar-refractivity contribution in [1.29, 1.82) is 0 Å². The van der Waals surface area contributed by atoms with E-state index < -0.39 is 0 Å². The monoisotopic (exact) mass is 1590 g/mol. The van der Waals surface area contributed by atoms with Crippen LogP contribution in [0.15, 0.2) is 376 Å². The van der Waals surface area contributed by atoms with Crippen molar-refractivity contribution in [3.63, 3.8) is 0 Å². The Balaban J connectivity index is 0.0000000828. The molecule has 0 unspecified atom stereocenters. The molecular formula is C108H56N8O8. The lowest BCUT2D eigenvalue weighted by Gasteiger charge is -2.08. The van der Waals surface area contributed by atoms with Gasteiger partial charge in [0, 0.05) is 180 Å². The summed E-state index contributed by atoms with van der Waals surface area (Å²) in [5.74, 6) is 0. The average Bonchev–Trinajstić information content (AvgIpc) is 1.55. The van der Waals surface area contributed by atoms with Crippen molar-refractivity contribution in [2.75, 3.05) is 0 Å². The van der Waals surface area contributed by atoms with E-state index in [1.54, 1.807) is 0 Å². The Kier molecular flexibility index (Phi) is 12.9. The predicted molar refractivity (Wildman–Crippen MR) is 499 cm³/mol. The molecular weight excluding hydrogens is 1540 g/mol. The van der Waals surface area contributed by atoms with E-state index in [-0.39, 0.29) is 0 Å². The normalized spacial score (nSPS) is 12.5. The second-order valence-electron chi connectivity index (χ2n) is 32.1. The highest BCUT2D eigenvalue weighted by Gasteiger charge is 2.26. The van der Waals surface area contributed by atoms with Gasteiger partial charge in [0.15, 0.2) is 33.5 Å². The number of aromatic nitrogens is 8. The molecule has 16 aromatic heterocycles. The summed E-state index contributed by atoms with van der Waals surface area (Å²) in [5, 5.41) is 31.2. The van der Waals surface area contributed by atoms with Gasteiger partial charge in [-0.2, -0.15) is 0 Å². The third-order valence-corrected chi connectivity index (χ3v) is 25.8. The minimum atomic E-state index is 0.789. The summed E-state index contributed by atoms with van der Waals surface area (Å²) in [5.41, 5.74) is 21.6. The highest BCUT2D eigenvalue weighted by atomic mass is 16.4. The van der Waals surface area contributed by atoms with Gasteiger partial charge in [-0.25, -0.2) is 19.9 Å². The standard InChI is InChI=1S/4C27H14N2O2/c1-2-7-19-15(5-1)17-9-10-18-21-14-23-20(16-6-3-4-8-22(16)30-23)13-24(21)31-26(18)25(17)29-12-11-28-27(19)29;1-2-7-19-15(5-1)17-9-10-18-21-13-20-16-6-3-4-8-22(16)30-23(20)14-24(21)31-26(18)25(17)29-12-11-28-27(19)29;1-2-7-21-15(5-1)17-9-10-19-20-12-11-18-16-6-3-4-8-22(16)30-25(18)26(20)31-24(19)23(17)29-14-13-28-27(21)29;1-2-6-19-15(5-1)16-9-10-18-17-11-12-22-23(20-7-3-4-8-21(20)30-22)25(17)31-26(18)24(16)29-14-13-28-27(19)29/h4*1-14H. The van der Waals surface area contributed by atoms with Crippen LogP contribution in [0.1, 0.15) is 0 Å². The molecule has 0 aliphatic rings. The van der Waals surface area contributed by atoms with Gasteiger partial charge < -0.3 is 35.3 Å². The summed E-state index contributed by atoms with van der Waals surface area (Å²) in [6, 6.07) is 100. The SMILES string of the molecule is c1ccc2c(c1)oc1c2ccc2c3ccc4c5ccccc5c5nccn5c4c3oc21.c1ccc2c(c1)oc1cc3c(cc12)oc1c3ccc2c3ccccc3c3nccn3c21.c1ccc2c(c1)oc1cc3oc4c(ccc5c6ccccc6c6nccn6c54)c3cc12.c1ccc2c(c1)oc1ccc3c4ccc5c6ccccc6c6nccn6c5c4oc3c12. The van der Waals surface area contributed by atoms with E-state index in [1.807, 2.05) is 135 Å². The van der Waals surface area contributed by atoms with Crippen LogP contribution in [0.2, 0.25) is 0 Å². The van der Waals surface area contributed by atoms with Gasteiger partial charge in [-0.05, 0) is 113 Å². The van der Waals surface area contributed by atoms with Crippen molar-refractivity contribution in [2.45, 2.75) is 0 Å². The lowest BCUT2D eigenvalue weighted by atomic mass is 10.0. The van der Waals surface area contributed by atoms with Crippen molar-refractivity contribution in [3.05, 3.63) is 341 Å². The topological polar surface area (TPSA) is 174 Å². The number of furan rings is 8. The second kappa shape index (κ2) is 24.3. The molecule has 0 atom stereocenters. The minimum absolute atomic E-state index is 0.789. The van der Waals surface area contributed by atoms with Gasteiger partial charge in [0.05, 0.1) is 27.5 Å². The Hall–Kier alpha value is -17.2. The Morgan fingerprint density at radius 1 is 0.153 bits per heavy atom. The van der Waals surface area contributed by atoms with Crippen LogP contribution in [0.25, 0.3) is 285 Å². The van der Waals surface area contributed by atoms with Crippen LogP contribution < -0.4 is 0 Å². The molecule has 0 spiro atoms. The Morgan fingerprint density at radius 2 is 0.403 bits per heavy atom. The van der Waals surface area contributed by atoms with E-state index in [4.69, 9.17) is 35.3 Å². The minimum Gasteiger partial charge on any atom is -0.456 e. The van der Waals surface area contributed by atoms with Crippen molar-refractivity contribution in [3.8, 4) is 0 Å². The number of hydrogen-bond donors (Lipinski definition) is 0. The van der Waals surface area contributed by atoms with Crippen molar-refractivity contribution in [1.82, 2.24) is 37.5 Å². The van der Waals surface area contributed by atoms with Gasteiger partial charge in [-0.1, -0.05) is 194 Å². The van der Waals surface area contributed by atoms with Crippen LogP contribution in [-0.4, -0.2) is 37.5 Å². The van der Waals surface area contributed by atoms with E-state index in [0.29, 0.717) is 0 Å². The fraction of sp³-hybridized carbons (Fsp3) is 0. The highest BCUT2D eigenvalue weighted by molar-refractivity contribution is 6.30. The molecule has 32 rings (SSSR count). The summed E-state index contributed by atoms with van der Waals surface area (Å²) < 4.78 is 59.4. The number of rotatable bonds is 0. The first-order chi connectivity index (χ1) is 61.5. The molecule has 0 N–H and O–H groups in total. The second-order valence-corrected chi connectivity index (χ2v) is 32.1. The first-order valence-corrected chi connectivity index (χ1v) is 41.2. The Morgan fingerprint density at radius 3 is 0.847 bits per heavy atom. The molecule has 0 radical (unpaired) electrons. The fourth-order valence-electron chi connectivity index (χ4n) is 20.5. The van der Waals surface area contributed by atoms with Crippen LogP contribution in [0, 0.1) is 0 Å².